The maximum atomic E-state index is 12.6. The Morgan fingerprint density at radius 1 is 1.33 bits per heavy atom. The van der Waals surface area contributed by atoms with Crippen LogP contribution in [0.1, 0.15) is 35.5 Å². The molecule has 1 aliphatic carbocycles. The Balaban J connectivity index is 1.33. The molecule has 0 aliphatic heterocycles. The Hall–Kier alpha value is -2.38. The molecule has 30 heavy (non-hydrogen) atoms. The summed E-state index contributed by atoms with van der Waals surface area (Å²) >= 11 is 7.56. The Labute approximate surface area is 183 Å². The molecule has 0 saturated heterocycles. The highest BCUT2D eigenvalue weighted by Gasteiger charge is 2.20. The number of amides is 1. The van der Waals surface area contributed by atoms with E-state index in [9.17, 15) is 9.59 Å². The standard InChI is InChI=1S/C22H24ClN3O3S/c1-26(11-12-29-15-6-4-5-14(23)13-15)19(27)10-9-18-24-21(28)20-16-7-2-3-8-17(16)30-22(20)25-18/h4-6,13H,2-3,7-12H2,1H3,(H,24,25,28). The van der Waals surface area contributed by atoms with Crippen LogP contribution in [0.4, 0.5) is 0 Å². The van der Waals surface area contributed by atoms with E-state index in [4.69, 9.17) is 16.3 Å². The molecule has 8 heteroatoms. The second kappa shape index (κ2) is 9.18. The quantitative estimate of drug-likeness (QED) is 0.596. The van der Waals surface area contributed by atoms with Crippen LogP contribution >= 0.6 is 22.9 Å². The summed E-state index contributed by atoms with van der Waals surface area (Å²) in [7, 11) is 1.75. The van der Waals surface area contributed by atoms with Crippen LogP contribution < -0.4 is 10.3 Å². The number of likely N-dealkylation sites (N-methyl/N-ethyl adjacent to an activating group) is 1. The van der Waals surface area contributed by atoms with Gasteiger partial charge in [-0.25, -0.2) is 4.98 Å². The number of H-pyrrole nitrogens is 1. The molecule has 1 aliphatic rings. The van der Waals surface area contributed by atoms with Gasteiger partial charge in [-0.2, -0.15) is 0 Å². The van der Waals surface area contributed by atoms with E-state index in [1.807, 2.05) is 12.1 Å². The van der Waals surface area contributed by atoms with E-state index in [0.29, 0.717) is 36.2 Å². The third kappa shape index (κ3) is 4.68. The summed E-state index contributed by atoms with van der Waals surface area (Å²) in [6.07, 6.45) is 4.99. The summed E-state index contributed by atoms with van der Waals surface area (Å²) in [6.45, 7) is 0.844. The normalized spacial score (nSPS) is 13.3. The molecule has 2 aromatic heterocycles. The van der Waals surface area contributed by atoms with Gasteiger partial charge in [0.1, 0.15) is 23.0 Å². The number of ether oxygens (including phenoxy) is 1. The van der Waals surface area contributed by atoms with Crippen LogP contribution in [0, 0.1) is 0 Å². The number of benzene rings is 1. The van der Waals surface area contributed by atoms with Crippen molar-refractivity contribution in [2.75, 3.05) is 20.2 Å². The average molecular weight is 446 g/mol. The lowest BCUT2D eigenvalue weighted by molar-refractivity contribution is -0.130. The zero-order chi connectivity index (χ0) is 21.1. The molecule has 0 spiro atoms. The van der Waals surface area contributed by atoms with E-state index in [-0.39, 0.29) is 17.9 Å². The number of aromatic nitrogens is 2. The average Bonchev–Trinajstić information content (AvgIpc) is 3.11. The van der Waals surface area contributed by atoms with Gasteiger partial charge in [0.25, 0.3) is 5.56 Å². The van der Waals surface area contributed by atoms with E-state index in [0.717, 1.165) is 29.5 Å². The molecule has 4 rings (SSSR count). The van der Waals surface area contributed by atoms with Crippen molar-refractivity contribution in [2.24, 2.45) is 0 Å². The van der Waals surface area contributed by atoms with Crippen molar-refractivity contribution in [1.82, 2.24) is 14.9 Å². The van der Waals surface area contributed by atoms with E-state index in [1.54, 1.807) is 35.4 Å². The van der Waals surface area contributed by atoms with Crippen LogP contribution in [0.25, 0.3) is 10.2 Å². The minimum atomic E-state index is -0.0786. The Kier molecular flexibility index (Phi) is 6.39. The van der Waals surface area contributed by atoms with Crippen molar-refractivity contribution in [3.63, 3.8) is 0 Å². The maximum absolute atomic E-state index is 12.6. The van der Waals surface area contributed by atoms with Gasteiger partial charge in [-0.15, -0.1) is 11.3 Å². The molecule has 0 saturated carbocycles. The summed E-state index contributed by atoms with van der Waals surface area (Å²) in [5.41, 5.74) is 1.10. The van der Waals surface area contributed by atoms with Gasteiger partial charge in [-0.05, 0) is 49.4 Å². The van der Waals surface area contributed by atoms with Crippen LogP contribution in [0.2, 0.25) is 5.02 Å². The Morgan fingerprint density at radius 2 is 2.17 bits per heavy atom. The smallest absolute Gasteiger partial charge is 0.259 e. The van der Waals surface area contributed by atoms with Crippen molar-refractivity contribution in [3.8, 4) is 5.75 Å². The molecule has 2 heterocycles. The van der Waals surface area contributed by atoms with Crippen LogP contribution in [0.3, 0.4) is 0 Å². The van der Waals surface area contributed by atoms with E-state index in [1.165, 1.54) is 16.9 Å². The maximum Gasteiger partial charge on any atom is 0.259 e. The highest BCUT2D eigenvalue weighted by Crippen LogP contribution is 2.33. The molecule has 1 aromatic carbocycles. The van der Waals surface area contributed by atoms with Gasteiger partial charge in [0.05, 0.1) is 11.9 Å². The number of hydrogen-bond donors (Lipinski definition) is 1. The molecular weight excluding hydrogens is 422 g/mol. The lowest BCUT2D eigenvalue weighted by Crippen LogP contribution is -2.31. The molecular formula is C22H24ClN3O3S. The molecule has 6 nitrogen and oxygen atoms in total. The first-order chi connectivity index (χ1) is 14.5. The number of nitrogens with one attached hydrogen (secondary N) is 1. The van der Waals surface area contributed by atoms with Crippen LogP contribution in [-0.2, 0) is 24.1 Å². The lowest BCUT2D eigenvalue weighted by Gasteiger charge is -2.17. The highest BCUT2D eigenvalue weighted by molar-refractivity contribution is 7.18. The summed E-state index contributed by atoms with van der Waals surface area (Å²) in [6, 6.07) is 7.17. The number of aryl methyl sites for hydroxylation is 3. The Bertz CT molecular complexity index is 1120. The number of halogens is 1. The minimum absolute atomic E-state index is 0.0158. The van der Waals surface area contributed by atoms with Crippen molar-refractivity contribution < 1.29 is 9.53 Å². The first-order valence-electron chi connectivity index (χ1n) is 10.2. The van der Waals surface area contributed by atoms with Gasteiger partial charge in [0, 0.05) is 29.8 Å². The number of carbonyl (C=O) groups is 1. The molecule has 0 unspecified atom stereocenters. The molecule has 0 fully saturated rings. The predicted octanol–water partition coefficient (Wildman–Crippen LogP) is 3.99. The minimum Gasteiger partial charge on any atom is -0.492 e. The topological polar surface area (TPSA) is 75.3 Å². The van der Waals surface area contributed by atoms with Gasteiger partial charge in [-0.3, -0.25) is 9.59 Å². The highest BCUT2D eigenvalue weighted by atomic mass is 35.5. The predicted molar refractivity (Wildman–Crippen MR) is 120 cm³/mol. The number of carbonyl (C=O) groups excluding carboxylic acids is 1. The molecule has 3 aromatic rings. The molecule has 1 N–H and O–H groups in total. The molecule has 0 atom stereocenters. The van der Waals surface area contributed by atoms with Gasteiger partial charge < -0.3 is 14.6 Å². The van der Waals surface area contributed by atoms with Crippen LogP contribution in [-0.4, -0.2) is 41.0 Å². The lowest BCUT2D eigenvalue weighted by atomic mass is 9.97. The van der Waals surface area contributed by atoms with Gasteiger partial charge >= 0.3 is 0 Å². The Morgan fingerprint density at radius 3 is 3.00 bits per heavy atom. The van der Waals surface area contributed by atoms with E-state index >= 15 is 0 Å². The largest absolute Gasteiger partial charge is 0.492 e. The van der Waals surface area contributed by atoms with Gasteiger partial charge in [-0.1, -0.05) is 17.7 Å². The SMILES string of the molecule is CN(CCOc1cccc(Cl)c1)C(=O)CCc1nc2sc3c(c2c(=O)[nH]1)CCCC3. The van der Waals surface area contributed by atoms with Crippen molar-refractivity contribution in [1.29, 1.82) is 0 Å². The fraction of sp³-hybridized carbons (Fsp3) is 0.409. The summed E-state index contributed by atoms with van der Waals surface area (Å²) < 4.78 is 5.64. The molecule has 0 radical (unpaired) electrons. The first kappa shape index (κ1) is 20.9. The fourth-order valence-corrected chi connectivity index (χ4v) is 5.19. The monoisotopic (exact) mass is 445 g/mol. The zero-order valence-corrected chi connectivity index (χ0v) is 18.4. The number of thiophene rings is 1. The van der Waals surface area contributed by atoms with Gasteiger partial charge in [0.2, 0.25) is 5.91 Å². The zero-order valence-electron chi connectivity index (χ0n) is 16.9. The van der Waals surface area contributed by atoms with Crippen molar-refractivity contribution in [3.05, 3.63) is 55.9 Å². The summed E-state index contributed by atoms with van der Waals surface area (Å²) in [5.74, 6) is 1.23. The second-order valence-corrected chi connectivity index (χ2v) is 9.04. The number of hydrogen-bond acceptors (Lipinski definition) is 5. The second-order valence-electron chi connectivity index (χ2n) is 7.52. The van der Waals surface area contributed by atoms with Gasteiger partial charge in [0.15, 0.2) is 0 Å². The number of fused-ring (bicyclic) bond motifs is 3. The first-order valence-corrected chi connectivity index (χ1v) is 11.4. The van der Waals surface area contributed by atoms with Crippen LogP contribution in [0.15, 0.2) is 29.1 Å². The molecule has 1 amide bonds. The van der Waals surface area contributed by atoms with Crippen LogP contribution in [0.5, 0.6) is 5.75 Å². The van der Waals surface area contributed by atoms with E-state index < -0.39 is 0 Å². The van der Waals surface area contributed by atoms with E-state index in [2.05, 4.69) is 9.97 Å². The summed E-state index contributed by atoms with van der Waals surface area (Å²) in [4.78, 5) is 36.3. The number of nitrogens with zero attached hydrogens (tertiary/aromatic N) is 2. The number of rotatable bonds is 7. The van der Waals surface area contributed by atoms with Crippen molar-refractivity contribution in [2.45, 2.75) is 38.5 Å². The third-order valence-corrected chi connectivity index (χ3v) is 6.79. The third-order valence-electron chi connectivity index (χ3n) is 5.37. The fourth-order valence-electron chi connectivity index (χ4n) is 3.72. The molecule has 158 valence electrons. The summed E-state index contributed by atoms with van der Waals surface area (Å²) in [5, 5.41) is 1.36. The molecule has 0 bridgehead atoms. The number of aromatic amines is 1. The van der Waals surface area contributed by atoms with Crippen molar-refractivity contribution >= 4 is 39.1 Å².